The van der Waals surface area contributed by atoms with Crippen molar-refractivity contribution >= 4 is 23.3 Å². The van der Waals surface area contributed by atoms with E-state index in [1.807, 2.05) is 36.4 Å². The number of halogens is 3. The molecule has 2 aliphatic rings. The van der Waals surface area contributed by atoms with Gasteiger partial charge in [0.2, 0.25) is 0 Å². The Balaban J connectivity index is 1.38. The van der Waals surface area contributed by atoms with Crippen LogP contribution >= 0.6 is 11.6 Å². The van der Waals surface area contributed by atoms with Crippen LogP contribution in [0.1, 0.15) is 49.3 Å². The fourth-order valence-electron chi connectivity index (χ4n) is 6.20. The van der Waals surface area contributed by atoms with E-state index in [0.29, 0.717) is 56.0 Å². The Morgan fingerprint density at radius 1 is 1.05 bits per heavy atom. The van der Waals surface area contributed by atoms with E-state index in [-0.39, 0.29) is 29.3 Å². The molecular weight excluding hydrogens is 592 g/mol. The van der Waals surface area contributed by atoms with Gasteiger partial charge in [0.05, 0.1) is 20.8 Å². The van der Waals surface area contributed by atoms with Crippen molar-refractivity contribution in [3.05, 3.63) is 82.4 Å². The molecule has 0 spiro atoms. The predicted octanol–water partition coefficient (Wildman–Crippen LogP) is 7.82. The summed E-state index contributed by atoms with van der Waals surface area (Å²) in [7, 11) is 3.01. The smallest absolute Gasteiger partial charge is 0.497 e. The summed E-state index contributed by atoms with van der Waals surface area (Å²) in [5.41, 5.74) is 2.43. The van der Waals surface area contributed by atoms with Gasteiger partial charge in [0.25, 0.3) is 0 Å². The number of ether oxygens (including phenoxy) is 5. The highest BCUT2D eigenvalue weighted by molar-refractivity contribution is 6.30. The second-order valence-corrected chi connectivity index (χ2v) is 12.2. The highest BCUT2D eigenvalue weighted by Crippen LogP contribution is 2.45. The van der Waals surface area contributed by atoms with Gasteiger partial charge in [0.15, 0.2) is 11.5 Å². The number of carbonyl (C=O) groups is 1. The van der Waals surface area contributed by atoms with Gasteiger partial charge >= 0.3 is 12.3 Å². The number of hydrogen-bond donors (Lipinski definition) is 1. The van der Waals surface area contributed by atoms with Crippen LogP contribution in [0.25, 0.3) is 0 Å². The molecule has 10 heteroatoms. The van der Waals surface area contributed by atoms with Crippen molar-refractivity contribution in [3.63, 3.8) is 0 Å². The standard InChI is InChI=1S/C34H38ClF2NO6/c1-22(20-42-21-23-7-9-29(40-2)10-8-23)15-24-11-13-33(32(39)41-3,38-28-6-4-5-27(35)19-28)14-12-25-17-30-31(18-26(25)16-24)44-34(36,37)43-30/h4-10,17-19,22,24,38H,11-16,20-21H2,1-3H3/t22-,24?,33+/m1/s1. The molecule has 1 aliphatic carbocycles. The van der Waals surface area contributed by atoms with Crippen LogP contribution in [0.15, 0.2) is 60.7 Å². The molecule has 3 aromatic rings. The van der Waals surface area contributed by atoms with Gasteiger partial charge in [-0.05, 0) is 110 Å². The van der Waals surface area contributed by atoms with E-state index >= 15 is 0 Å². The second-order valence-electron chi connectivity index (χ2n) is 11.8. The number of benzene rings is 3. The summed E-state index contributed by atoms with van der Waals surface area (Å²) in [6, 6.07) is 18.3. The first-order valence-corrected chi connectivity index (χ1v) is 15.2. The lowest BCUT2D eigenvalue weighted by atomic mass is 9.82. The normalized spacial score (nSPS) is 21.3. The quantitative estimate of drug-likeness (QED) is 0.229. The van der Waals surface area contributed by atoms with Gasteiger partial charge in [0, 0.05) is 17.3 Å². The number of aryl methyl sites for hydroxylation is 1. The Morgan fingerprint density at radius 3 is 2.45 bits per heavy atom. The van der Waals surface area contributed by atoms with E-state index < -0.39 is 11.8 Å². The van der Waals surface area contributed by atoms with E-state index in [4.69, 9.17) is 35.3 Å². The molecule has 236 valence electrons. The van der Waals surface area contributed by atoms with Crippen LogP contribution in [0.4, 0.5) is 14.5 Å². The maximum atomic E-state index is 14.0. The number of esters is 1. The highest BCUT2D eigenvalue weighted by Gasteiger charge is 2.45. The minimum absolute atomic E-state index is 0.00341. The Morgan fingerprint density at radius 2 is 1.77 bits per heavy atom. The summed E-state index contributed by atoms with van der Waals surface area (Å²) < 4.78 is 54.2. The van der Waals surface area contributed by atoms with Crippen molar-refractivity contribution in [2.45, 2.75) is 63.9 Å². The summed E-state index contributed by atoms with van der Waals surface area (Å²) >= 11 is 6.26. The Kier molecular flexibility index (Phi) is 9.85. The van der Waals surface area contributed by atoms with Gasteiger partial charge in [-0.3, -0.25) is 0 Å². The fourth-order valence-corrected chi connectivity index (χ4v) is 6.39. The average Bonchev–Trinajstić information content (AvgIpc) is 3.33. The van der Waals surface area contributed by atoms with Crippen LogP contribution in [0, 0.1) is 11.8 Å². The zero-order chi connectivity index (χ0) is 31.3. The molecule has 3 atom stereocenters. The topological polar surface area (TPSA) is 75.3 Å². The van der Waals surface area contributed by atoms with Gasteiger partial charge in [-0.15, -0.1) is 8.78 Å². The number of carbonyl (C=O) groups excluding carboxylic acids is 1. The summed E-state index contributed by atoms with van der Waals surface area (Å²) in [4.78, 5) is 13.5. The lowest BCUT2D eigenvalue weighted by Crippen LogP contribution is -2.48. The minimum atomic E-state index is -3.71. The molecule has 0 amide bonds. The van der Waals surface area contributed by atoms with Crippen LogP contribution in [0.5, 0.6) is 17.2 Å². The molecule has 0 fully saturated rings. The summed E-state index contributed by atoms with van der Waals surface area (Å²) in [6.45, 7) is 3.17. The number of methoxy groups -OCH3 is 2. The third-order valence-electron chi connectivity index (χ3n) is 8.38. The van der Waals surface area contributed by atoms with Crippen molar-refractivity contribution < 1.29 is 37.3 Å². The van der Waals surface area contributed by atoms with Gasteiger partial charge < -0.3 is 29.0 Å². The molecule has 0 saturated heterocycles. The van der Waals surface area contributed by atoms with E-state index in [9.17, 15) is 13.6 Å². The van der Waals surface area contributed by atoms with Crippen LogP contribution in [0.2, 0.25) is 5.02 Å². The minimum Gasteiger partial charge on any atom is -0.497 e. The average molecular weight is 630 g/mol. The Labute approximate surface area is 261 Å². The maximum absolute atomic E-state index is 14.0. The molecule has 1 unspecified atom stereocenters. The third kappa shape index (κ3) is 7.74. The van der Waals surface area contributed by atoms with Gasteiger partial charge in [-0.1, -0.05) is 36.7 Å². The number of fused-ring (bicyclic) bond motifs is 2. The summed E-state index contributed by atoms with van der Waals surface area (Å²) in [5.74, 6) is 0.756. The molecule has 7 nitrogen and oxygen atoms in total. The zero-order valence-corrected chi connectivity index (χ0v) is 25.9. The Bertz CT molecular complexity index is 1450. The van der Waals surface area contributed by atoms with Crippen molar-refractivity contribution in [1.29, 1.82) is 0 Å². The monoisotopic (exact) mass is 629 g/mol. The molecule has 5 rings (SSSR count). The molecule has 44 heavy (non-hydrogen) atoms. The maximum Gasteiger partial charge on any atom is 0.586 e. The lowest BCUT2D eigenvalue weighted by Gasteiger charge is -2.34. The zero-order valence-electron chi connectivity index (χ0n) is 25.2. The van der Waals surface area contributed by atoms with E-state index in [1.165, 1.54) is 7.11 Å². The SMILES string of the molecule is COC(=O)[C@@]1(Nc2cccc(Cl)c2)CCc2cc3c(cc2CC(C[C@@H](C)COCc2ccc(OC)cc2)CC1)OC(F)(F)O3. The van der Waals surface area contributed by atoms with Gasteiger partial charge in [-0.25, -0.2) is 4.79 Å². The molecule has 3 aromatic carbocycles. The number of alkyl halides is 2. The summed E-state index contributed by atoms with van der Waals surface area (Å²) in [6.07, 6.45) is -0.259. The largest absolute Gasteiger partial charge is 0.586 e. The number of rotatable bonds is 10. The first-order chi connectivity index (χ1) is 21.1. The second kappa shape index (κ2) is 13.6. The molecule has 0 saturated carbocycles. The van der Waals surface area contributed by atoms with Gasteiger partial charge in [-0.2, -0.15) is 0 Å². The van der Waals surface area contributed by atoms with Crippen LogP contribution in [-0.2, 0) is 33.7 Å². The molecule has 0 bridgehead atoms. The molecule has 1 heterocycles. The summed E-state index contributed by atoms with van der Waals surface area (Å²) in [5, 5.41) is 3.98. The van der Waals surface area contributed by atoms with Crippen molar-refractivity contribution in [3.8, 4) is 17.2 Å². The first kappa shape index (κ1) is 31.9. The number of nitrogens with one attached hydrogen (secondary N) is 1. The highest BCUT2D eigenvalue weighted by atomic mass is 35.5. The third-order valence-corrected chi connectivity index (χ3v) is 8.62. The van der Waals surface area contributed by atoms with Crippen molar-refractivity contribution in [2.75, 3.05) is 26.1 Å². The van der Waals surface area contributed by atoms with Crippen LogP contribution in [-0.4, -0.2) is 38.6 Å². The van der Waals surface area contributed by atoms with Gasteiger partial charge in [0.1, 0.15) is 11.3 Å². The van der Waals surface area contributed by atoms with Crippen molar-refractivity contribution in [1.82, 2.24) is 0 Å². The van der Waals surface area contributed by atoms with Crippen LogP contribution < -0.4 is 19.5 Å². The molecular formula is C34H38ClF2NO6. The Hall–Kier alpha value is -3.56. The lowest BCUT2D eigenvalue weighted by molar-refractivity contribution is -0.286. The molecule has 0 radical (unpaired) electrons. The van der Waals surface area contributed by atoms with E-state index in [0.717, 1.165) is 28.9 Å². The number of anilines is 1. The predicted molar refractivity (Wildman–Crippen MR) is 164 cm³/mol. The van der Waals surface area contributed by atoms with E-state index in [2.05, 4.69) is 12.2 Å². The van der Waals surface area contributed by atoms with Crippen molar-refractivity contribution in [2.24, 2.45) is 11.8 Å². The molecule has 0 aromatic heterocycles. The molecule has 1 N–H and O–H groups in total. The van der Waals surface area contributed by atoms with E-state index in [1.54, 1.807) is 31.4 Å². The molecule has 1 aliphatic heterocycles. The van der Waals surface area contributed by atoms with Crippen LogP contribution in [0.3, 0.4) is 0 Å². The fraction of sp³-hybridized carbons (Fsp3) is 0.441. The number of hydrogen-bond acceptors (Lipinski definition) is 7. The first-order valence-electron chi connectivity index (χ1n) is 14.8.